The standard InChI is InChI=1S/C21H31N5O2/c1-4-13-26-15-18(24-25-26)23-19(27)22-12-10-21(17-8-6-5-7-9-17)11-14-28-20(2,3)16-21/h5-9,15H,4,10-14,16H2,1-3H3,(H2,22,23,27). The van der Waals surface area contributed by atoms with Gasteiger partial charge in [0.05, 0.1) is 11.8 Å². The van der Waals surface area contributed by atoms with E-state index < -0.39 is 0 Å². The van der Waals surface area contributed by atoms with Crippen LogP contribution in [0.5, 0.6) is 0 Å². The monoisotopic (exact) mass is 385 g/mol. The van der Waals surface area contributed by atoms with Crippen LogP contribution >= 0.6 is 0 Å². The molecule has 1 saturated heterocycles. The van der Waals surface area contributed by atoms with Crippen LogP contribution in [0.15, 0.2) is 36.5 Å². The summed E-state index contributed by atoms with van der Waals surface area (Å²) in [5, 5.41) is 13.7. The molecule has 2 N–H and O–H groups in total. The lowest BCUT2D eigenvalue weighted by Gasteiger charge is -2.45. The Kier molecular flexibility index (Phi) is 6.34. The summed E-state index contributed by atoms with van der Waals surface area (Å²) < 4.78 is 7.68. The molecule has 1 aromatic carbocycles. The van der Waals surface area contributed by atoms with E-state index in [9.17, 15) is 4.79 Å². The number of rotatable bonds is 7. The van der Waals surface area contributed by atoms with Crippen molar-refractivity contribution in [2.75, 3.05) is 18.5 Å². The van der Waals surface area contributed by atoms with Crippen LogP contribution in [0.4, 0.5) is 10.6 Å². The third kappa shape index (κ3) is 5.10. The van der Waals surface area contributed by atoms with Gasteiger partial charge in [-0.1, -0.05) is 42.5 Å². The Hall–Kier alpha value is -2.41. The zero-order valence-corrected chi connectivity index (χ0v) is 17.1. The fourth-order valence-corrected chi connectivity index (χ4v) is 4.14. The normalized spacial score (nSPS) is 21.2. The minimum Gasteiger partial charge on any atom is -0.376 e. The maximum atomic E-state index is 12.3. The molecule has 1 fully saturated rings. The first-order chi connectivity index (χ1) is 13.4. The van der Waals surface area contributed by atoms with E-state index in [0.717, 1.165) is 38.8 Å². The highest BCUT2D eigenvalue weighted by Crippen LogP contribution is 2.43. The van der Waals surface area contributed by atoms with Crippen molar-refractivity contribution < 1.29 is 9.53 Å². The Balaban J connectivity index is 1.60. The van der Waals surface area contributed by atoms with Crippen LogP contribution in [-0.2, 0) is 16.7 Å². The maximum absolute atomic E-state index is 12.3. The van der Waals surface area contributed by atoms with E-state index >= 15 is 0 Å². The first-order valence-corrected chi connectivity index (χ1v) is 10.1. The lowest BCUT2D eigenvalue weighted by Crippen LogP contribution is -2.46. The summed E-state index contributed by atoms with van der Waals surface area (Å²) in [7, 11) is 0. The zero-order chi connectivity index (χ0) is 20.0. The highest BCUT2D eigenvalue weighted by molar-refractivity contribution is 5.87. The van der Waals surface area contributed by atoms with Gasteiger partial charge in [0.25, 0.3) is 0 Å². The molecule has 2 aromatic rings. The lowest BCUT2D eigenvalue weighted by molar-refractivity contribution is -0.0838. The summed E-state index contributed by atoms with van der Waals surface area (Å²) in [6, 6.07) is 10.3. The number of carbonyl (C=O) groups is 1. The molecule has 2 amide bonds. The quantitative estimate of drug-likeness (QED) is 0.761. The van der Waals surface area contributed by atoms with Gasteiger partial charge in [0.2, 0.25) is 0 Å². The first-order valence-electron chi connectivity index (χ1n) is 10.1. The van der Waals surface area contributed by atoms with Crippen molar-refractivity contribution in [3.05, 3.63) is 42.1 Å². The summed E-state index contributed by atoms with van der Waals surface area (Å²) in [6.45, 7) is 8.46. The molecule has 0 spiro atoms. The molecular weight excluding hydrogens is 354 g/mol. The molecule has 1 unspecified atom stereocenters. The second kappa shape index (κ2) is 8.73. The number of urea groups is 1. The topological polar surface area (TPSA) is 81.1 Å². The van der Waals surface area contributed by atoms with E-state index in [2.05, 4.69) is 66.0 Å². The summed E-state index contributed by atoms with van der Waals surface area (Å²) in [5.41, 5.74) is 1.14. The predicted octanol–water partition coefficient (Wildman–Crippen LogP) is 3.73. The number of anilines is 1. The molecule has 7 nitrogen and oxygen atoms in total. The first kappa shape index (κ1) is 20.3. The van der Waals surface area contributed by atoms with Gasteiger partial charge < -0.3 is 10.1 Å². The Labute approximate surface area is 166 Å². The number of benzene rings is 1. The van der Waals surface area contributed by atoms with Gasteiger partial charge in [-0.15, -0.1) is 5.10 Å². The van der Waals surface area contributed by atoms with Crippen molar-refractivity contribution >= 4 is 11.8 Å². The fraction of sp³-hybridized carbons (Fsp3) is 0.571. The number of amides is 2. The molecule has 0 bridgehead atoms. The zero-order valence-electron chi connectivity index (χ0n) is 17.1. The summed E-state index contributed by atoms with van der Waals surface area (Å²) >= 11 is 0. The molecule has 7 heteroatoms. The second-order valence-electron chi connectivity index (χ2n) is 8.18. The number of hydrogen-bond acceptors (Lipinski definition) is 4. The van der Waals surface area contributed by atoms with Gasteiger partial charge in [-0.05, 0) is 45.1 Å². The highest BCUT2D eigenvalue weighted by atomic mass is 16.5. The minimum absolute atomic E-state index is 0.000545. The van der Waals surface area contributed by atoms with E-state index in [4.69, 9.17) is 4.74 Å². The van der Waals surface area contributed by atoms with E-state index in [1.54, 1.807) is 10.9 Å². The molecule has 0 radical (unpaired) electrons. The molecule has 1 aliphatic rings. The average molecular weight is 386 g/mol. The molecule has 1 aromatic heterocycles. The van der Waals surface area contributed by atoms with Crippen molar-refractivity contribution in [1.82, 2.24) is 20.3 Å². The number of aryl methyl sites for hydroxylation is 1. The molecule has 1 aliphatic heterocycles. The SMILES string of the molecule is CCCn1cc(NC(=O)NCCC2(c3ccccc3)CCOC(C)(C)C2)nn1. The van der Waals surface area contributed by atoms with Crippen molar-refractivity contribution in [2.24, 2.45) is 0 Å². The van der Waals surface area contributed by atoms with Crippen LogP contribution in [0.1, 0.15) is 52.0 Å². The third-order valence-corrected chi connectivity index (χ3v) is 5.35. The molecule has 3 rings (SSSR count). The molecule has 0 aliphatic carbocycles. The lowest BCUT2D eigenvalue weighted by atomic mass is 9.67. The van der Waals surface area contributed by atoms with Crippen molar-refractivity contribution in [3.63, 3.8) is 0 Å². The maximum Gasteiger partial charge on any atom is 0.320 e. The van der Waals surface area contributed by atoms with Crippen LogP contribution in [0, 0.1) is 0 Å². The van der Waals surface area contributed by atoms with Crippen molar-refractivity contribution in [3.8, 4) is 0 Å². The van der Waals surface area contributed by atoms with E-state index in [0.29, 0.717) is 12.4 Å². The summed E-state index contributed by atoms with van der Waals surface area (Å²) in [4.78, 5) is 12.3. The number of hydrogen-bond donors (Lipinski definition) is 2. The molecule has 28 heavy (non-hydrogen) atoms. The average Bonchev–Trinajstić information content (AvgIpc) is 3.09. The molecular formula is C21H31N5O2. The molecule has 1 atom stereocenters. The Morgan fingerprint density at radius 1 is 1.29 bits per heavy atom. The van der Waals surface area contributed by atoms with Gasteiger partial charge in [0.1, 0.15) is 0 Å². The number of nitrogens with zero attached hydrogens (tertiary/aromatic N) is 3. The minimum atomic E-state index is -0.252. The van der Waals surface area contributed by atoms with E-state index in [1.165, 1.54) is 5.56 Å². The van der Waals surface area contributed by atoms with Gasteiger partial charge in [-0.3, -0.25) is 10.00 Å². The second-order valence-corrected chi connectivity index (χ2v) is 8.18. The summed E-state index contributed by atoms with van der Waals surface area (Å²) in [6.07, 6.45) is 5.46. The van der Waals surface area contributed by atoms with E-state index in [1.807, 2.05) is 6.07 Å². The Bertz CT molecular complexity index is 774. The highest BCUT2D eigenvalue weighted by Gasteiger charge is 2.41. The van der Waals surface area contributed by atoms with Crippen LogP contribution in [0.25, 0.3) is 0 Å². The number of carbonyl (C=O) groups excluding carboxylic acids is 1. The Morgan fingerprint density at radius 2 is 2.07 bits per heavy atom. The van der Waals surface area contributed by atoms with E-state index in [-0.39, 0.29) is 17.0 Å². The van der Waals surface area contributed by atoms with Gasteiger partial charge in [-0.25, -0.2) is 4.79 Å². The van der Waals surface area contributed by atoms with Crippen LogP contribution in [-0.4, -0.2) is 39.8 Å². The fourth-order valence-electron chi connectivity index (χ4n) is 4.14. The van der Waals surface area contributed by atoms with Crippen molar-refractivity contribution in [2.45, 2.75) is 64.0 Å². The van der Waals surface area contributed by atoms with Gasteiger partial charge in [-0.2, -0.15) is 0 Å². The Morgan fingerprint density at radius 3 is 2.79 bits per heavy atom. The van der Waals surface area contributed by atoms with Crippen LogP contribution in [0.3, 0.4) is 0 Å². The van der Waals surface area contributed by atoms with Gasteiger partial charge >= 0.3 is 6.03 Å². The number of aromatic nitrogens is 3. The number of nitrogens with one attached hydrogen (secondary N) is 2. The third-order valence-electron chi connectivity index (χ3n) is 5.35. The molecule has 2 heterocycles. The predicted molar refractivity (Wildman–Crippen MR) is 109 cm³/mol. The summed E-state index contributed by atoms with van der Waals surface area (Å²) in [5.74, 6) is 0.468. The van der Waals surface area contributed by atoms with Crippen LogP contribution < -0.4 is 10.6 Å². The van der Waals surface area contributed by atoms with Gasteiger partial charge in [0.15, 0.2) is 5.82 Å². The van der Waals surface area contributed by atoms with Crippen molar-refractivity contribution in [1.29, 1.82) is 0 Å². The number of ether oxygens (including phenoxy) is 1. The van der Waals surface area contributed by atoms with Gasteiger partial charge in [0, 0.05) is 25.1 Å². The van der Waals surface area contributed by atoms with Crippen LogP contribution in [0.2, 0.25) is 0 Å². The molecule has 152 valence electrons. The molecule has 0 saturated carbocycles. The largest absolute Gasteiger partial charge is 0.376 e. The smallest absolute Gasteiger partial charge is 0.320 e.